The number of hydrogen-bond acceptors (Lipinski definition) is 7. The third kappa shape index (κ3) is 8.95. The van der Waals surface area contributed by atoms with Gasteiger partial charge in [0.2, 0.25) is 11.8 Å². The van der Waals surface area contributed by atoms with Crippen LogP contribution in [0.15, 0.2) is 60.8 Å². The van der Waals surface area contributed by atoms with E-state index in [1.54, 1.807) is 0 Å². The Morgan fingerprint density at radius 1 is 0.762 bits per heavy atom. The second-order valence-corrected chi connectivity index (χ2v) is 8.29. The first-order chi connectivity index (χ1) is 19.5. The number of alkyl halides is 11. The van der Waals surface area contributed by atoms with Crippen molar-refractivity contribution in [3.8, 4) is 23.1 Å². The summed E-state index contributed by atoms with van der Waals surface area (Å²) < 4.78 is 156. The zero-order valence-electron chi connectivity index (χ0n) is 20.6. The minimum Gasteiger partial charge on any atom is -0.439 e. The summed E-state index contributed by atoms with van der Waals surface area (Å²) in [5.74, 6) is -2.64. The molecule has 0 saturated heterocycles. The van der Waals surface area contributed by atoms with Gasteiger partial charge in [0, 0.05) is 24.9 Å². The van der Waals surface area contributed by atoms with Gasteiger partial charge in [0.1, 0.15) is 17.2 Å². The highest BCUT2D eigenvalue weighted by molar-refractivity contribution is 5.39. The van der Waals surface area contributed by atoms with Gasteiger partial charge < -0.3 is 24.2 Å². The van der Waals surface area contributed by atoms with Crippen molar-refractivity contribution in [3.05, 3.63) is 66.4 Å². The van der Waals surface area contributed by atoms with Gasteiger partial charge in [-0.15, -0.1) is 0 Å². The van der Waals surface area contributed by atoms with E-state index in [0.29, 0.717) is 0 Å². The Morgan fingerprint density at radius 3 is 1.88 bits per heavy atom. The molecule has 0 spiro atoms. The van der Waals surface area contributed by atoms with Gasteiger partial charge in [-0.2, -0.15) is 53.3 Å². The summed E-state index contributed by atoms with van der Waals surface area (Å²) >= 11 is 0. The summed E-state index contributed by atoms with van der Waals surface area (Å²) in [6.45, 7) is -1.79. The minimum atomic E-state index is -5.11. The molecule has 1 aromatic heterocycles. The van der Waals surface area contributed by atoms with Crippen molar-refractivity contribution in [2.75, 3.05) is 11.4 Å². The zero-order chi connectivity index (χ0) is 31.3. The van der Waals surface area contributed by atoms with Gasteiger partial charge in [-0.3, -0.25) is 0 Å². The number of aromatic nitrogens is 2. The third-order valence-corrected chi connectivity index (χ3v) is 4.99. The van der Waals surface area contributed by atoms with E-state index in [4.69, 9.17) is 4.74 Å². The van der Waals surface area contributed by atoms with Crippen molar-refractivity contribution in [2.24, 2.45) is 0 Å². The number of rotatable bonds is 13. The Hall–Kier alpha value is -4.09. The molecule has 18 heteroatoms. The highest BCUT2D eigenvalue weighted by Gasteiger charge is 2.45. The smallest absolute Gasteiger partial charge is 0.439 e. The fraction of sp³-hybridized carbons (Fsp3) is 0.333. The lowest BCUT2D eigenvalue weighted by atomic mass is 10.2. The van der Waals surface area contributed by atoms with Crippen LogP contribution in [0.4, 0.5) is 54.2 Å². The summed E-state index contributed by atoms with van der Waals surface area (Å²) in [5, 5.41) is 9.64. The molecule has 1 unspecified atom stereocenters. The Kier molecular flexibility index (Phi) is 9.90. The molecule has 0 saturated carbocycles. The molecule has 1 heterocycles. The number of ether oxygens (including phenoxy) is 3. The van der Waals surface area contributed by atoms with Crippen LogP contribution in [0.5, 0.6) is 23.1 Å². The maximum atomic E-state index is 13.3. The van der Waals surface area contributed by atoms with E-state index in [2.05, 4.69) is 19.4 Å². The van der Waals surface area contributed by atoms with Gasteiger partial charge in [0.15, 0.2) is 6.10 Å². The molecule has 1 N–H and O–H groups in total. The van der Waals surface area contributed by atoms with Gasteiger partial charge in [-0.25, -0.2) is 4.98 Å². The summed E-state index contributed by atoms with van der Waals surface area (Å²) in [6.07, 6.45) is -25.1. The fourth-order valence-corrected chi connectivity index (χ4v) is 3.12. The van der Waals surface area contributed by atoms with Gasteiger partial charge in [0.25, 0.3) is 0 Å². The first-order valence-electron chi connectivity index (χ1n) is 11.4. The van der Waals surface area contributed by atoms with Gasteiger partial charge in [-0.05, 0) is 29.8 Å². The first-order valence-corrected chi connectivity index (χ1v) is 11.4. The van der Waals surface area contributed by atoms with Crippen molar-refractivity contribution in [3.63, 3.8) is 0 Å². The first kappa shape index (κ1) is 32.4. The van der Waals surface area contributed by atoms with Crippen LogP contribution in [-0.2, 0) is 6.54 Å². The summed E-state index contributed by atoms with van der Waals surface area (Å²) in [7, 11) is 0. The molecule has 0 fully saturated rings. The summed E-state index contributed by atoms with van der Waals surface area (Å²) in [6, 6.07) is 9.14. The molecule has 42 heavy (non-hydrogen) atoms. The molecule has 230 valence electrons. The van der Waals surface area contributed by atoms with Gasteiger partial charge >= 0.3 is 31.2 Å². The summed E-state index contributed by atoms with van der Waals surface area (Å²) in [4.78, 5) is 8.44. The molecule has 2 aromatic carbocycles. The molecule has 0 bridgehead atoms. The van der Waals surface area contributed by atoms with Crippen molar-refractivity contribution >= 4 is 5.95 Å². The lowest BCUT2D eigenvalue weighted by Gasteiger charge is -2.27. The Bertz CT molecular complexity index is 1330. The molecule has 1 atom stereocenters. The minimum absolute atomic E-state index is 0.0494. The van der Waals surface area contributed by atoms with Crippen molar-refractivity contribution in [2.45, 2.75) is 43.9 Å². The van der Waals surface area contributed by atoms with E-state index < -0.39 is 73.8 Å². The number of aliphatic hydroxyl groups excluding tert-OH is 1. The quantitative estimate of drug-likeness (QED) is 0.214. The molecule has 7 nitrogen and oxygen atoms in total. The average Bonchev–Trinajstić information content (AvgIpc) is 2.87. The number of anilines is 1. The standard InChI is InChI=1S/C24H18F11N3O4/c25-19(26)23(32,33)41-15-5-1-3-13(9-15)11-38(12-17(39)22(29,30)31)21-36-8-7-18(37-21)40-14-4-2-6-16(10-14)42-24(34,35)20(27)28/h1-10,17,19-20,39H,11-12H2. The molecule has 0 aliphatic rings. The van der Waals surface area contributed by atoms with Crippen LogP contribution in [0.1, 0.15) is 5.56 Å². The number of nitrogens with zero attached hydrogens (tertiary/aromatic N) is 3. The number of benzene rings is 2. The monoisotopic (exact) mass is 621 g/mol. The molecule has 3 aromatic rings. The Labute approximate surface area is 229 Å². The lowest BCUT2D eigenvalue weighted by molar-refractivity contribution is -0.253. The molecular weight excluding hydrogens is 603 g/mol. The van der Waals surface area contributed by atoms with Crippen molar-refractivity contribution < 1.29 is 67.6 Å². The normalized spacial score (nSPS) is 13.3. The van der Waals surface area contributed by atoms with E-state index in [-0.39, 0.29) is 11.3 Å². The SMILES string of the molecule is OC(CN(Cc1cccc(OC(F)(F)C(F)F)c1)c1nccc(Oc2cccc(OC(F)(F)C(F)F)c2)n1)C(F)(F)F. The van der Waals surface area contributed by atoms with Crippen molar-refractivity contribution in [1.29, 1.82) is 0 Å². The third-order valence-electron chi connectivity index (χ3n) is 4.99. The van der Waals surface area contributed by atoms with Crippen LogP contribution in [0, 0.1) is 0 Å². The molecule has 0 amide bonds. The number of aliphatic hydroxyl groups is 1. The van der Waals surface area contributed by atoms with Crippen LogP contribution in [0.25, 0.3) is 0 Å². The highest BCUT2D eigenvalue weighted by Crippen LogP contribution is 2.32. The van der Waals surface area contributed by atoms with Crippen LogP contribution in [-0.4, -0.2) is 59.0 Å². The number of hydrogen-bond donors (Lipinski definition) is 1. The molecule has 3 rings (SSSR count). The molecule has 0 aliphatic carbocycles. The largest absolute Gasteiger partial charge is 0.461 e. The second kappa shape index (κ2) is 12.8. The van der Waals surface area contributed by atoms with Crippen LogP contribution in [0.2, 0.25) is 0 Å². The van der Waals surface area contributed by atoms with Crippen LogP contribution in [0.3, 0.4) is 0 Å². The van der Waals surface area contributed by atoms with E-state index in [9.17, 15) is 53.4 Å². The Balaban J connectivity index is 1.87. The van der Waals surface area contributed by atoms with Crippen LogP contribution >= 0.6 is 0 Å². The summed E-state index contributed by atoms with van der Waals surface area (Å²) in [5.41, 5.74) is -0.0494. The van der Waals surface area contributed by atoms with E-state index >= 15 is 0 Å². The van der Waals surface area contributed by atoms with E-state index in [0.717, 1.165) is 53.6 Å². The predicted molar refractivity (Wildman–Crippen MR) is 121 cm³/mol. The highest BCUT2D eigenvalue weighted by atomic mass is 19.4. The zero-order valence-corrected chi connectivity index (χ0v) is 20.6. The van der Waals surface area contributed by atoms with Gasteiger partial charge in [0.05, 0.1) is 6.54 Å². The number of halogens is 11. The molecule has 0 radical (unpaired) electrons. The van der Waals surface area contributed by atoms with Crippen molar-refractivity contribution in [1.82, 2.24) is 9.97 Å². The maximum Gasteiger partial charge on any atom is 0.461 e. The van der Waals surface area contributed by atoms with Crippen LogP contribution < -0.4 is 19.1 Å². The molecule has 0 aliphatic heterocycles. The van der Waals surface area contributed by atoms with E-state index in [1.807, 2.05) is 0 Å². The lowest BCUT2D eigenvalue weighted by Crippen LogP contribution is -2.41. The maximum absolute atomic E-state index is 13.3. The predicted octanol–water partition coefficient (Wildman–Crippen LogP) is 6.67. The van der Waals surface area contributed by atoms with Gasteiger partial charge in [-0.1, -0.05) is 18.2 Å². The average molecular weight is 621 g/mol. The van der Waals surface area contributed by atoms with E-state index in [1.165, 1.54) is 12.1 Å². The second-order valence-electron chi connectivity index (χ2n) is 8.29. The topological polar surface area (TPSA) is 76.9 Å². The molecular formula is C24H18F11N3O4. The fourth-order valence-electron chi connectivity index (χ4n) is 3.12. The Morgan fingerprint density at radius 2 is 1.31 bits per heavy atom.